The highest BCUT2D eigenvalue weighted by molar-refractivity contribution is 5.91. The summed E-state index contributed by atoms with van der Waals surface area (Å²) < 4.78 is 11.1. The summed E-state index contributed by atoms with van der Waals surface area (Å²) in [6, 6.07) is 13.1. The van der Waals surface area contributed by atoms with Crippen LogP contribution in [-0.4, -0.2) is 35.2 Å². The molecule has 1 aromatic carbocycles. The highest BCUT2D eigenvalue weighted by Crippen LogP contribution is 2.26. The second kappa shape index (κ2) is 7.79. The van der Waals surface area contributed by atoms with Gasteiger partial charge in [-0.1, -0.05) is 35.5 Å². The van der Waals surface area contributed by atoms with Gasteiger partial charge in [0.05, 0.1) is 11.8 Å². The number of hydrogen-bond acceptors (Lipinski definition) is 6. The van der Waals surface area contributed by atoms with Crippen LogP contribution in [0.3, 0.4) is 0 Å². The van der Waals surface area contributed by atoms with E-state index in [1.54, 1.807) is 31.2 Å². The molecule has 0 aliphatic carbocycles. The number of amides is 1. The molecule has 26 heavy (non-hydrogen) atoms. The van der Waals surface area contributed by atoms with Crippen LogP contribution in [0.4, 0.5) is 0 Å². The molecule has 7 nitrogen and oxygen atoms in total. The van der Waals surface area contributed by atoms with Crippen LogP contribution < -0.4 is 10.2 Å². The lowest BCUT2D eigenvalue weighted by Crippen LogP contribution is -2.36. The molecule has 0 unspecified atom stereocenters. The predicted octanol–water partition coefficient (Wildman–Crippen LogP) is 2.83. The molecule has 0 spiro atoms. The maximum atomic E-state index is 11.9. The van der Waals surface area contributed by atoms with Gasteiger partial charge in [0.25, 0.3) is 5.91 Å². The molecule has 0 saturated heterocycles. The Morgan fingerprint density at radius 2 is 1.96 bits per heavy atom. The molecule has 7 heteroatoms. The molecule has 0 aliphatic heterocycles. The fraction of sp³-hybridized carbons (Fsp3) is 0.211. The Morgan fingerprint density at radius 3 is 2.62 bits per heavy atom. The van der Waals surface area contributed by atoms with Crippen molar-refractivity contribution in [3.8, 4) is 17.0 Å². The van der Waals surface area contributed by atoms with Crippen molar-refractivity contribution >= 4 is 5.91 Å². The van der Waals surface area contributed by atoms with Crippen molar-refractivity contribution in [2.24, 2.45) is 0 Å². The lowest BCUT2D eigenvalue weighted by atomic mass is 10.1. The van der Waals surface area contributed by atoms with E-state index in [1.165, 1.54) is 6.20 Å². The first-order chi connectivity index (χ1) is 12.5. The number of ether oxygens (including phenoxy) is 1. The Labute approximate surface area is 151 Å². The number of rotatable bonds is 6. The maximum absolute atomic E-state index is 11.9. The molecular weight excluding hydrogens is 332 g/mol. The van der Waals surface area contributed by atoms with Crippen LogP contribution in [-0.2, 0) is 6.61 Å². The van der Waals surface area contributed by atoms with Crippen molar-refractivity contribution in [3.05, 3.63) is 65.7 Å². The first kappa shape index (κ1) is 17.6. The SMILES string of the molecule is Cc1onc(-c2ccccc2)c1COc1ccc(C(=O)NN(C)C)nc1. The number of nitrogens with zero attached hydrogens (tertiary/aromatic N) is 3. The number of benzene rings is 1. The van der Waals surface area contributed by atoms with Gasteiger partial charge in [-0.05, 0) is 19.1 Å². The van der Waals surface area contributed by atoms with Crippen molar-refractivity contribution in [1.29, 1.82) is 0 Å². The van der Waals surface area contributed by atoms with Gasteiger partial charge < -0.3 is 9.26 Å². The standard InChI is InChI=1S/C19H20N4O3/c1-13-16(18(22-26-13)14-7-5-4-6-8-14)12-25-15-9-10-17(20-11-15)19(24)21-23(2)3/h4-11H,12H2,1-3H3,(H,21,24). The number of hydrazine groups is 1. The minimum atomic E-state index is -0.275. The normalized spacial score (nSPS) is 10.8. The number of aromatic nitrogens is 2. The minimum absolute atomic E-state index is 0.275. The monoisotopic (exact) mass is 352 g/mol. The molecule has 0 bridgehead atoms. The summed E-state index contributed by atoms with van der Waals surface area (Å²) in [5.74, 6) is 0.993. The van der Waals surface area contributed by atoms with Crippen LogP contribution in [0.2, 0.25) is 0 Å². The Bertz CT molecular complexity index is 874. The first-order valence-corrected chi connectivity index (χ1v) is 8.12. The lowest BCUT2D eigenvalue weighted by molar-refractivity contribution is 0.0851. The second-order valence-electron chi connectivity index (χ2n) is 5.94. The zero-order valence-electron chi connectivity index (χ0n) is 14.9. The summed E-state index contributed by atoms with van der Waals surface area (Å²) in [5, 5.41) is 5.70. The van der Waals surface area contributed by atoms with E-state index in [0.717, 1.165) is 16.8 Å². The van der Waals surface area contributed by atoms with E-state index in [-0.39, 0.29) is 5.91 Å². The predicted molar refractivity (Wildman–Crippen MR) is 96.4 cm³/mol. The van der Waals surface area contributed by atoms with Gasteiger partial charge >= 0.3 is 0 Å². The van der Waals surface area contributed by atoms with Crippen LogP contribution in [0.1, 0.15) is 21.8 Å². The Hall–Kier alpha value is -3.19. The van der Waals surface area contributed by atoms with Crippen molar-refractivity contribution in [1.82, 2.24) is 20.6 Å². The largest absolute Gasteiger partial charge is 0.487 e. The van der Waals surface area contributed by atoms with Crippen molar-refractivity contribution in [2.75, 3.05) is 14.1 Å². The number of carbonyl (C=O) groups excluding carboxylic acids is 1. The van der Waals surface area contributed by atoms with Gasteiger partial charge in [0, 0.05) is 19.7 Å². The zero-order chi connectivity index (χ0) is 18.5. The first-order valence-electron chi connectivity index (χ1n) is 8.12. The topological polar surface area (TPSA) is 80.5 Å². The number of pyridine rings is 1. The highest BCUT2D eigenvalue weighted by Gasteiger charge is 2.15. The van der Waals surface area contributed by atoms with Crippen LogP contribution in [0.5, 0.6) is 5.75 Å². The van der Waals surface area contributed by atoms with Gasteiger partial charge in [0.15, 0.2) is 0 Å². The molecule has 0 fully saturated rings. The molecule has 1 N–H and O–H groups in total. The number of carbonyl (C=O) groups is 1. The minimum Gasteiger partial charge on any atom is -0.487 e. The van der Waals surface area contributed by atoms with E-state index in [1.807, 2.05) is 37.3 Å². The van der Waals surface area contributed by atoms with Crippen LogP contribution >= 0.6 is 0 Å². The molecular formula is C19H20N4O3. The van der Waals surface area contributed by atoms with E-state index in [2.05, 4.69) is 15.6 Å². The molecule has 3 aromatic rings. The van der Waals surface area contributed by atoms with Crippen LogP contribution in [0.25, 0.3) is 11.3 Å². The zero-order valence-corrected chi connectivity index (χ0v) is 14.9. The van der Waals surface area contributed by atoms with E-state index in [4.69, 9.17) is 9.26 Å². The summed E-state index contributed by atoms with van der Waals surface area (Å²) in [6.45, 7) is 2.15. The second-order valence-corrected chi connectivity index (χ2v) is 5.94. The summed E-state index contributed by atoms with van der Waals surface area (Å²) in [7, 11) is 3.47. The molecule has 0 saturated carbocycles. The van der Waals surface area contributed by atoms with Crippen LogP contribution in [0.15, 0.2) is 53.2 Å². The number of aryl methyl sites for hydroxylation is 1. The van der Waals surface area contributed by atoms with E-state index < -0.39 is 0 Å². The number of hydrogen-bond donors (Lipinski definition) is 1. The van der Waals surface area contributed by atoms with Gasteiger partial charge in [0.2, 0.25) is 0 Å². The third-order valence-electron chi connectivity index (χ3n) is 3.71. The molecule has 3 rings (SSSR count). The van der Waals surface area contributed by atoms with E-state index >= 15 is 0 Å². The maximum Gasteiger partial charge on any atom is 0.284 e. The van der Waals surface area contributed by atoms with Crippen molar-refractivity contribution in [2.45, 2.75) is 13.5 Å². The van der Waals surface area contributed by atoms with E-state index in [9.17, 15) is 4.79 Å². The smallest absolute Gasteiger partial charge is 0.284 e. The fourth-order valence-corrected chi connectivity index (χ4v) is 2.40. The third-order valence-corrected chi connectivity index (χ3v) is 3.71. The van der Waals surface area contributed by atoms with Gasteiger partial charge in [-0.15, -0.1) is 0 Å². The highest BCUT2D eigenvalue weighted by atomic mass is 16.5. The van der Waals surface area contributed by atoms with Crippen LogP contribution in [0, 0.1) is 6.92 Å². The van der Waals surface area contributed by atoms with Crippen molar-refractivity contribution in [3.63, 3.8) is 0 Å². The molecule has 0 radical (unpaired) electrons. The van der Waals surface area contributed by atoms with E-state index in [0.29, 0.717) is 23.8 Å². The average molecular weight is 352 g/mol. The molecule has 134 valence electrons. The average Bonchev–Trinajstić information content (AvgIpc) is 3.01. The summed E-state index contributed by atoms with van der Waals surface area (Å²) in [5.41, 5.74) is 5.56. The molecule has 0 atom stereocenters. The summed E-state index contributed by atoms with van der Waals surface area (Å²) in [6.07, 6.45) is 1.52. The third kappa shape index (κ3) is 4.07. The lowest BCUT2D eigenvalue weighted by Gasteiger charge is -2.11. The van der Waals surface area contributed by atoms with Gasteiger partial charge in [-0.2, -0.15) is 0 Å². The molecule has 2 heterocycles. The van der Waals surface area contributed by atoms with Gasteiger partial charge in [-0.3, -0.25) is 10.2 Å². The van der Waals surface area contributed by atoms with Crippen molar-refractivity contribution < 1.29 is 14.1 Å². The van der Waals surface area contributed by atoms with Gasteiger partial charge in [0.1, 0.15) is 29.5 Å². The Kier molecular flexibility index (Phi) is 5.28. The molecule has 2 aromatic heterocycles. The number of nitrogens with one attached hydrogen (secondary N) is 1. The molecule has 0 aliphatic rings. The summed E-state index contributed by atoms with van der Waals surface area (Å²) in [4.78, 5) is 16.0. The quantitative estimate of drug-likeness (QED) is 0.687. The fourth-order valence-electron chi connectivity index (χ4n) is 2.40. The van der Waals surface area contributed by atoms with Gasteiger partial charge in [-0.25, -0.2) is 9.99 Å². The Balaban J connectivity index is 1.70. The summed E-state index contributed by atoms with van der Waals surface area (Å²) >= 11 is 0. The Morgan fingerprint density at radius 1 is 1.19 bits per heavy atom. The molecule has 1 amide bonds.